The summed E-state index contributed by atoms with van der Waals surface area (Å²) in [7, 11) is -6.91. The summed E-state index contributed by atoms with van der Waals surface area (Å²) >= 11 is 0. The van der Waals surface area contributed by atoms with E-state index in [2.05, 4.69) is 48.8 Å². The number of rotatable bonds is 53. The molecule has 0 heterocycles. The van der Waals surface area contributed by atoms with Crippen molar-refractivity contribution in [2.75, 3.05) is 146 Å². The monoisotopic (exact) mass is 1870 g/mol. The number of esters is 3. The predicted molar refractivity (Wildman–Crippen MR) is 486 cm³/mol. The first kappa shape index (κ1) is 134. The second-order valence-corrected chi connectivity index (χ2v) is 42.5. The molecule has 0 aliphatic heterocycles. The van der Waals surface area contributed by atoms with Crippen molar-refractivity contribution in [2.24, 2.45) is 49.4 Å². The van der Waals surface area contributed by atoms with Crippen LogP contribution in [0.1, 0.15) is 269 Å². The Labute approximate surface area is 746 Å². The highest BCUT2D eigenvalue weighted by Gasteiger charge is 2.32. The zero-order valence-electron chi connectivity index (χ0n) is 81.7. The molecule has 0 bridgehead atoms. The normalized spacial score (nSPS) is 13.0. The maximum Gasteiger partial charge on any atom is 0.469 e. The number of hydrogen-bond donors (Lipinski definition) is 12. The summed E-state index contributed by atoms with van der Waals surface area (Å²) in [6.07, 6.45) is 9.65. The third kappa shape index (κ3) is 78.1. The number of phosphoric acid groups is 2. The molecular formula is C84H174N9O27P3S. The van der Waals surface area contributed by atoms with Crippen molar-refractivity contribution in [3.63, 3.8) is 0 Å². The van der Waals surface area contributed by atoms with Gasteiger partial charge in [0.15, 0.2) is 5.78 Å². The number of quaternary nitrogens is 2. The standard InChI is InChI=1S/C16H29NO4.C14H30N2O4S.C13H28NO6P.C13H23NO2.2C8H18N2O.C8H17O6P.C4H11O3P/c1-6-16(4,5)15(20)17-10-8-7-9-13(18)11-21-14(19)12(2)3;1-6-14(2,3)13(17)15-9-7-10-16(4,5)11-8-12-21(18,19)20;1-7-13(2,3)12(15)18-10-11-20-21(16,17)19-9-8-14(4,5)6;1-6-13(4,5)12(16)14-9-7-8-11(15)10(2)3;2*1-4-8(2,3)7(11)10-6-5-9;1-4-8(2,3)7(9)13-5-6-14-15(10,11)12;1-3-4(2)8(5,6)7/h13,18H,2,6-11H2,1,3-5H3,(H,17,20);6-12H2,1-5H3,(H-,15,17,18,19,20);7-11H2,1-6H3;2,6-9H2,1,3-5H3,(H,14,16);2*4-6,9H2,1-3H3,(H,10,11);4-6H2,1-3H3,(H2,10,11,12);4H,3H2,1-2H3,(H2,5,6,7). The molecular weight excluding hydrogens is 1690 g/mol. The van der Waals surface area contributed by atoms with Gasteiger partial charge in [0.25, 0.3) is 7.82 Å². The molecule has 36 nitrogen and oxygen atoms in total. The fourth-order valence-corrected chi connectivity index (χ4v) is 9.51. The first-order valence-electron chi connectivity index (χ1n) is 42.8. The zero-order valence-corrected chi connectivity index (χ0v) is 85.2. The van der Waals surface area contributed by atoms with Crippen LogP contribution in [0.5, 0.6) is 0 Å². The lowest BCUT2D eigenvalue weighted by molar-refractivity contribution is -0.890. The van der Waals surface area contributed by atoms with E-state index in [0.717, 1.165) is 57.9 Å². The van der Waals surface area contributed by atoms with E-state index >= 15 is 0 Å². The number of aliphatic hydroxyl groups is 1. The number of amides is 5. The lowest BCUT2D eigenvalue weighted by atomic mass is 9.89. The van der Waals surface area contributed by atoms with Gasteiger partial charge in [0.1, 0.15) is 33.0 Å². The minimum absolute atomic E-state index is 0.0130. The number of unbranched alkanes of at least 4 members (excludes halogenated alkanes) is 1. The van der Waals surface area contributed by atoms with Gasteiger partial charge in [-0.25, -0.2) is 17.8 Å². The van der Waals surface area contributed by atoms with E-state index in [4.69, 9.17) is 49.8 Å². The van der Waals surface area contributed by atoms with Crippen LogP contribution >= 0.6 is 23.2 Å². The molecule has 738 valence electrons. The van der Waals surface area contributed by atoms with Crippen molar-refractivity contribution in [3.05, 3.63) is 24.3 Å². The molecule has 0 aromatic heterocycles. The number of carbonyl (C=O) groups excluding carboxylic acids is 9. The Morgan fingerprint density at radius 2 is 0.782 bits per heavy atom. The van der Waals surface area contributed by atoms with Gasteiger partial charge >= 0.3 is 33.3 Å². The first-order chi connectivity index (χ1) is 56.1. The number of phosphoric ester groups is 2. The molecule has 14 N–H and O–H groups in total. The molecule has 3 atom stereocenters. The van der Waals surface area contributed by atoms with Crippen LogP contribution in [-0.4, -0.2) is 258 Å². The number of likely N-dealkylation sites (N-methyl/N-ethyl adjacent to an activating group) is 1. The van der Waals surface area contributed by atoms with E-state index < -0.39 is 67.9 Å². The van der Waals surface area contributed by atoms with Crippen LogP contribution in [0.4, 0.5) is 0 Å². The van der Waals surface area contributed by atoms with Gasteiger partial charge in [0.2, 0.25) is 29.5 Å². The molecule has 3 unspecified atom stereocenters. The molecule has 0 fully saturated rings. The zero-order chi connectivity index (χ0) is 99.4. The maximum atomic E-state index is 11.9. The fourth-order valence-electron chi connectivity index (χ4n) is 7.57. The Bertz CT molecular complexity index is 3300. The Balaban J connectivity index is -0.000000210. The number of carbonyl (C=O) groups is 9. The summed E-state index contributed by atoms with van der Waals surface area (Å²) in [6, 6.07) is 0. The van der Waals surface area contributed by atoms with Crippen LogP contribution < -0.4 is 42.9 Å². The van der Waals surface area contributed by atoms with Crippen LogP contribution in [0.25, 0.3) is 0 Å². The molecule has 0 radical (unpaired) electrons. The van der Waals surface area contributed by atoms with E-state index in [1.54, 1.807) is 55.4 Å². The molecule has 0 saturated carbocycles. The predicted octanol–water partition coefficient (Wildman–Crippen LogP) is 9.80. The summed E-state index contributed by atoms with van der Waals surface area (Å²) < 4.78 is 93.0. The quantitative estimate of drug-likeness (QED) is 0.00512. The number of nitrogens with one attached hydrogen (secondary N) is 5. The van der Waals surface area contributed by atoms with Crippen molar-refractivity contribution < 1.29 is 136 Å². The van der Waals surface area contributed by atoms with Crippen molar-refractivity contribution in [2.45, 2.75) is 281 Å². The van der Waals surface area contributed by atoms with Crippen molar-refractivity contribution in [3.8, 4) is 0 Å². The van der Waals surface area contributed by atoms with Gasteiger partial charge in [0, 0.05) is 103 Å². The third-order valence-corrected chi connectivity index (χ3v) is 24.1. The SMILES string of the molecule is C=C(C)C(=O)CCCNC(=O)C(C)(C)CC.C=C(C)C(=O)OCC(O)CCCCNC(=O)C(C)(C)CC.CCC(C)(C)C(=O)NCCC[N+](C)(C)CCCS(=O)(=O)[O-].CCC(C)(C)C(=O)NCCN.CCC(C)(C)C(=O)NCCN.CCC(C)(C)C(=O)OCCOP(=O)(O)O.CCC(C)(C)C(=O)OCCOP(=O)([O-])OCC[N+](C)(C)C.CCC(C)P(=O)(O)O. The summed E-state index contributed by atoms with van der Waals surface area (Å²) in [6.45, 7) is 58.7. The summed E-state index contributed by atoms with van der Waals surface area (Å²) in [5.41, 5.74) is 8.25. The van der Waals surface area contributed by atoms with Crippen molar-refractivity contribution in [1.29, 1.82) is 0 Å². The van der Waals surface area contributed by atoms with Crippen LogP contribution in [-0.2, 0) is 94.7 Å². The second kappa shape index (κ2) is 67.2. The number of aliphatic hydroxyl groups excluding tert-OH is 1. The molecule has 5 amide bonds. The minimum Gasteiger partial charge on any atom is -0.756 e. The Hall–Kier alpha value is -5.01. The highest BCUT2D eigenvalue weighted by molar-refractivity contribution is 7.85. The van der Waals surface area contributed by atoms with E-state index in [1.807, 2.05) is 153 Å². The number of Topliss-reactive ketones (excluding diaryl/α,β-unsaturated/α-hetero) is 1. The fraction of sp³-hybridized carbons (Fsp3) is 0.845. The average Bonchev–Trinajstić information content (AvgIpc) is 0.814. The molecule has 0 aliphatic carbocycles. The van der Waals surface area contributed by atoms with Gasteiger partial charge in [0.05, 0.1) is 94.3 Å². The third-order valence-electron chi connectivity index (χ3n) is 20.3. The molecule has 0 aliphatic rings. The van der Waals surface area contributed by atoms with Crippen LogP contribution in [0.3, 0.4) is 0 Å². The van der Waals surface area contributed by atoms with Gasteiger partial charge < -0.3 is 104 Å². The van der Waals surface area contributed by atoms with Crippen molar-refractivity contribution >= 4 is 86.6 Å². The number of nitrogens with zero attached hydrogens (tertiary/aromatic N) is 2. The van der Waals surface area contributed by atoms with E-state index in [0.29, 0.717) is 124 Å². The first-order valence-corrected chi connectivity index (χ1v) is 49.1. The van der Waals surface area contributed by atoms with Gasteiger partial charge in [-0.2, -0.15) is 0 Å². The Kier molecular flexibility index (Phi) is 72.9. The lowest BCUT2D eigenvalue weighted by Crippen LogP contribution is -2.44. The topological polar surface area (TPSA) is 554 Å². The highest BCUT2D eigenvalue weighted by Crippen LogP contribution is 2.42. The van der Waals surface area contributed by atoms with E-state index in [9.17, 15) is 79.8 Å². The molecule has 0 rings (SSSR count). The maximum absolute atomic E-state index is 11.9. The molecule has 40 heteroatoms. The van der Waals surface area contributed by atoms with Gasteiger partial charge in [-0.05, 0) is 124 Å². The van der Waals surface area contributed by atoms with Gasteiger partial charge in [-0.3, -0.25) is 52.0 Å². The van der Waals surface area contributed by atoms with Gasteiger partial charge in [-0.1, -0.05) is 145 Å². The number of ether oxygens (including phenoxy) is 3. The number of allylic oxidation sites excluding steroid dienone is 1. The average molecular weight is 1870 g/mol. The minimum atomic E-state index is -4.46. The molecule has 0 aromatic carbocycles. The summed E-state index contributed by atoms with van der Waals surface area (Å²) in [5.74, 6) is -1.15. The molecule has 0 saturated heterocycles. The smallest absolute Gasteiger partial charge is 0.469 e. The number of hydrogen-bond acceptors (Lipinski definition) is 25. The molecule has 124 heavy (non-hydrogen) atoms. The van der Waals surface area contributed by atoms with E-state index in [-0.39, 0.29) is 114 Å². The summed E-state index contributed by atoms with van der Waals surface area (Å²) in [4.78, 5) is 148. The Morgan fingerprint density at radius 3 is 1.07 bits per heavy atom. The number of nitrogens with two attached hydrogens (primary N) is 2. The number of ketones is 1. The largest absolute Gasteiger partial charge is 0.756 e. The van der Waals surface area contributed by atoms with Crippen molar-refractivity contribution in [1.82, 2.24) is 26.6 Å². The summed E-state index contributed by atoms with van der Waals surface area (Å²) in [5, 5.41) is 23.9. The van der Waals surface area contributed by atoms with Crippen LogP contribution in [0.2, 0.25) is 0 Å². The molecule has 0 spiro atoms. The Morgan fingerprint density at radius 1 is 0.460 bits per heavy atom. The van der Waals surface area contributed by atoms with E-state index in [1.165, 1.54) is 0 Å². The van der Waals surface area contributed by atoms with Crippen LogP contribution in [0.15, 0.2) is 24.3 Å². The highest BCUT2D eigenvalue weighted by atomic mass is 32.2. The second-order valence-electron chi connectivity index (χ2n) is 36.3. The van der Waals surface area contributed by atoms with Crippen LogP contribution in [0, 0.1) is 37.9 Å². The molecule has 0 aromatic rings. The van der Waals surface area contributed by atoms with Gasteiger partial charge in [-0.15, -0.1) is 0 Å². The lowest BCUT2D eigenvalue weighted by Gasteiger charge is -2.30.